The molecule has 208 valence electrons. The van der Waals surface area contributed by atoms with Crippen LogP contribution in [0.3, 0.4) is 0 Å². The molecule has 2 aliphatic rings. The number of carbonyl (C=O) groups excluding carboxylic acids is 3. The van der Waals surface area contributed by atoms with E-state index in [1.54, 1.807) is 18.2 Å². The number of benzene rings is 3. The number of hydrogen-bond donors (Lipinski definition) is 3. The number of anilines is 3. The van der Waals surface area contributed by atoms with Gasteiger partial charge < -0.3 is 16.0 Å². The molecule has 3 atom stereocenters. The lowest BCUT2D eigenvalue weighted by Gasteiger charge is -2.11. The van der Waals surface area contributed by atoms with Crippen molar-refractivity contribution >= 4 is 92.8 Å². The van der Waals surface area contributed by atoms with Crippen LogP contribution in [0.5, 0.6) is 0 Å². The highest BCUT2D eigenvalue weighted by Crippen LogP contribution is 2.65. The van der Waals surface area contributed by atoms with Crippen LogP contribution in [-0.4, -0.2) is 28.0 Å². The van der Waals surface area contributed by atoms with Crippen LogP contribution in [-0.2, 0) is 9.59 Å². The fourth-order valence-electron chi connectivity index (χ4n) is 4.38. The van der Waals surface area contributed by atoms with Gasteiger partial charge >= 0.3 is 0 Å². The highest BCUT2D eigenvalue weighted by Gasteiger charge is 2.67. The summed E-state index contributed by atoms with van der Waals surface area (Å²) in [5, 5.41) is 8.69. The van der Waals surface area contributed by atoms with E-state index >= 15 is 0 Å². The second-order valence-corrected chi connectivity index (χ2v) is 12.3. The molecule has 13 heteroatoms. The molecule has 2 saturated carbocycles. The average Bonchev–Trinajstić information content (AvgIpc) is 3.70. The van der Waals surface area contributed by atoms with Gasteiger partial charge in [-0.3, -0.25) is 14.4 Å². The van der Waals surface area contributed by atoms with E-state index < -0.39 is 52.2 Å². The summed E-state index contributed by atoms with van der Waals surface area (Å²) in [5.41, 5.74) is 1.65. The van der Waals surface area contributed by atoms with Gasteiger partial charge in [0.2, 0.25) is 11.8 Å². The van der Waals surface area contributed by atoms with Gasteiger partial charge in [0.15, 0.2) is 0 Å². The van der Waals surface area contributed by atoms with Crippen LogP contribution >= 0.6 is 58.0 Å². The van der Waals surface area contributed by atoms with Gasteiger partial charge in [-0.15, -0.1) is 23.2 Å². The Morgan fingerprint density at radius 1 is 0.750 bits per heavy atom. The normalized spacial score (nSPS) is 21.7. The van der Waals surface area contributed by atoms with Crippen LogP contribution in [0.15, 0.2) is 60.7 Å². The van der Waals surface area contributed by atoms with E-state index in [0.717, 1.165) is 0 Å². The monoisotopic (exact) mass is 645 g/mol. The molecule has 6 nitrogen and oxygen atoms in total. The number of halogens is 7. The summed E-state index contributed by atoms with van der Waals surface area (Å²) in [5.74, 6) is -7.44. The summed E-state index contributed by atoms with van der Waals surface area (Å²) in [6.45, 7) is 0. The molecule has 1 unspecified atom stereocenters. The Kier molecular flexibility index (Phi) is 7.70. The van der Waals surface area contributed by atoms with Gasteiger partial charge in [-0.2, -0.15) is 0 Å². The van der Waals surface area contributed by atoms with Crippen molar-refractivity contribution in [1.82, 2.24) is 0 Å². The predicted molar refractivity (Wildman–Crippen MR) is 153 cm³/mol. The average molecular weight is 648 g/mol. The molecule has 0 saturated heterocycles. The van der Waals surface area contributed by atoms with Gasteiger partial charge in [-0.05, 0) is 66.2 Å². The maximum atomic E-state index is 13.1. The largest absolute Gasteiger partial charge is 0.326 e. The minimum absolute atomic E-state index is 0.0739. The molecule has 0 aliphatic heterocycles. The first kappa shape index (κ1) is 28.9. The van der Waals surface area contributed by atoms with Gasteiger partial charge in [0.05, 0.1) is 16.5 Å². The highest BCUT2D eigenvalue weighted by atomic mass is 35.5. The highest BCUT2D eigenvalue weighted by molar-refractivity contribution is 6.53. The SMILES string of the molecule is O=C(Nc1ccc(NC(=O)C2CC2(F)F)cc1)c1cc(NC(=O)[C@@H]2[C@@H](c3cc(Cl)cc(Cl)c3)C2(Cl)Cl)ccc1Cl. The molecule has 0 bridgehead atoms. The van der Waals surface area contributed by atoms with E-state index in [1.165, 1.54) is 42.5 Å². The molecule has 3 N–H and O–H groups in total. The number of alkyl halides is 4. The third-order valence-electron chi connectivity index (χ3n) is 6.61. The van der Waals surface area contributed by atoms with Crippen LogP contribution in [0.2, 0.25) is 15.1 Å². The van der Waals surface area contributed by atoms with E-state index in [-0.39, 0.29) is 16.3 Å². The van der Waals surface area contributed by atoms with E-state index in [9.17, 15) is 23.2 Å². The molecule has 40 heavy (non-hydrogen) atoms. The number of nitrogens with one attached hydrogen (secondary N) is 3. The molecule has 3 amide bonds. The van der Waals surface area contributed by atoms with Crippen molar-refractivity contribution in [2.24, 2.45) is 11.8 Å². The van der Waals surface area contributed by atoms with Crippen molar-refractivity contribution in [3.8, 4) is 0 Å². The zero-order valence-electron chi connectivity index (χ0n) is 20.1. The fourth-order valence-corrected chi connectivity index (χ4v) is 5.96. The lowest BCUT2D eigenvalue weighted by molar-refractivity contribution is -0.119. The second-order valence-electron chi connectivity index (χ2n) is 9.55. The Hall–Kier alpha value is -2.62. The third kappa shape index (κ3) is 6.02. The second kappa shape index (κ2) is 10.7. The van der Waals surface area contributed by atoms with Crippen LogP contribution in [0.4, 0.5) is 25.8 Å². The van der Waals surface area contributed by atoms with Gasteiger partial charge in [0.1, 0.15) is 10.3 Å². The van der Waals surface area contributed by atoms with Crippen molar-refractivity contribution in [3.05, 3.63) is 86.9 Å². The molecular formula is C27H18Cl5F2N3O3. The van der Waals surface area contributed by atoms with E-state index in [0.29, 0.717) is 27.0 Å². The maximum absolute atomic E-state index is 13.1. The van der Waals surface area contributed by atoms with Crippen molar-refractivity contribution in [2.45, 2.75) is 22.6 Å². The summed E-state index contributed by atoms with van der Waals surface area (Å²) in [7, 11) is 0. The number of hydrogen-bond acceptors (Lipinski definition) is 3. The molecule has 0 radical (unpaired) electrons. The molecule has 0 heterocycles. The molecule has 0 aromatic heterocycles. The first-order chi connectivity index (χ1) is 18.8. The fraction of sp³-hybridized carbons (Fsp3) is 0.222. The molecular weight excluding hydrogens is 630 g/mol. The van der Waals surface area contributed by atoms with Crippen LogP contribution in [0.1, 0.15) is 28.3 Å². The number of rotatable bonds is 7. The lowest BCUT2D eigenvalue weighted by Crippen LogP contribution is -2.18. The molecule has 0 spiro atoms. The lowest BCUT2D eigenvalue weighted by atomic mass is 10.1. The zero-order valence-corrected chi connectivity index (χ0v) is 23.9. The molecule has 2 fully saturated rings. The van der Waals surface area contributed by atoms with Gasteiger partial charge in [-0.1, -0.05) is 34.8 Å². The Morgan fingerprint density at radius 3 is 1.85 bits per heavy atom. The molecule has 2 aliphatic carbocycles. The first-order valence-electron chi connectivity index (χ1n) is 11.8. The minimum Gasteiger partial charge on any atom is -0.326 e. The summed E-state index contributed by atoms with van der Waals surface area (Å²) in [4.78, 5) is 37.8. The molecule has 5 rings (SSSR count). The summed E-state index contributed by atoms with van der Waals surface area (Å²) < 4.78 is 24.8. The summed E-state index contributed by atoms with van der Waals surface area (Å²) in [6, 6.07) is 15.1. The first-order valence-corrected chi connectivity index (χ1v) is 13.7. The number of amides is 3. The van der Waals surface area contributed by atoms with Crippen molar-refractivity contribution in [2.75, 3.05) is 16.0 Å². The quantitative estimate of drug-likeness (QED) is 0.227. The minimum atomic E-state index is -2.97. The topological polar surface area (TPSA) is 87.3 Å². The molecule has 3 aromatic rings. The molecule has 3 aromatic carbocycles. The van der Waals surface area contributed by atoms with Crippen molar-refractivity contribution in [1.29, 1.82) is 0 Å². The summed E-state index contributed by atoms with van der Waals surface area (Å²) in [6.07, 6.45) is -0.468. The van der Waals surface area contributed by atoms with Crippen molar-refractivity contribution in [3.63, 3.8) is 0 Å². The van der Waals surface area contributed by atoms with Crippen LogP contribution in [0.25, 0.3) is 0 Å². The third-order valence-corrected chi connectivity index (χ3v) is 8.32. The van der Waals surface area contributed by atoms with Crippen LogP contribution in [0, 0.1) is 11.8 Å². The Labute approximate surface area is 252 Å². The maximum Gasteiger partial charge on any atom is 0.260 e. The Morgan fingerprint density at radius 2 is 1.27 bits per heavy atom. The van der Waals surface area contributed by atoms with Crippen molar-refractivity contribution < 1.29 is 23.2 Å². The van der Waals surface area contributed by atoms with E-state index in [4.69, 9.17) is 58.0 Å². The van der Waals surface area contributed by atoms with Gasteiger partial charge in [0.25, 0.3) is 11.8 Å². The predicted octanol–water partition coefficient (Wildman–Crippen LogP) is 8.02. The zero-order chi connectivity index (χ0) is 29.0. The van der Waals surface area contributed by atoms with Gasteiger partial charge in [0, 0.05) is 39.4 Å². The van der Waals surface area contributed by atoms with E-state index in [1.807, 2.05) is 0 Å². The Balaban J connectivity index is 1.23. The smallest absolute Gasteiger partial charge is 0.260 e. The van der Waals surface area contributed by atoms with Crippen LogP contribution < -0.4 is 16.0 Å². The standard InChI is InChI=1S/C27H18Cl5F2N3O3/c28-13-7-12(8-14(29)9-13)21-22(27(21,31)32)25(40)37-17-5-6-20(30)18(10-17)23(38)35-15-1-3-16(4-2-15)36-24(39)19-11-26(19,33)34/h1-10,19,21-22H,11H2,(H,35,38)(H,36,39)(H,37,40)/t19?,21-,22+/m1/s1. The van der Waals surface area contributed by atoms with E-state index in [2.05, 4.69) is 16.0 Å². The Bertz CT molecular complexity index is 1510. The van der Waals surface area contributed by atoms with Gasteiger partial charge in [-0.25, -0.2) is 8.78 Å². The number of carbonyl (C=O) groups is 3. The summed E-state index contributed by atoms with van der Waals surface area (Å²) >= 11 is 31.2.